The molecular formula is C21H15F2N3OS. The van der Waals surface area contributed by atoms with Crippen molar-refractivity contribution >= 4 is 28.5 Å². The predicted molar refractivity (Wildman–Crippen MR) is 107 cm³/mol. The van der Waals surface area contributed by atoms with Crippen molar-refractivity contribution in [3.05, 3.63) is 88.6 Å². The van der Waals surface area contributed by atoms with Crippen LogP contribution >= 0.6 is 11.3 Å². The van der Waals surface area contributed by atoms with Gasteiger partial charge >= 0.3 is 0 Å². The lowest BCUT2D eigenvalue weighted by Gasteiger charge is -2.01. The van der Waals surface area contributed by atoms with E-state index < -0.39 is 11.6 Å². The molecule has 0 N–H and O–H groups in total. The molecule has 0 aliphatic rings. The topological polar surface area (TPSA) is 42.8 Å². The summed E-state index contributed by atoms with van der Waals surface area (Å²) in [5.74, 6) is -0.703. The molecule has 0 saturated heterocycles. The molecule has 2 aromatic heterocycles. The first-order chi connectivity index (χ1) is 13.7. The summed E-state index contributed by atoms with van der Waals surface area (Å²) >= 11 is 1.38. The minimum absolute atomic E-state index is 0.172. The van der Waals surface area contributed by atoms with Gasteiger partial charge in [-0.1, -0.05) is 24.3 Å². The van der Waals surface area contributed by atoms with Crippen LogP contribution in [0.1, 0.15) is 5.56 Å². The van der Waals surface area contributed by atoms with Crippen molar-refractivity contribution in [2.75, 3.05) is 6.54 Å². The lowest BCUT2D eigenvalue weighted by atomic mass is 10.2. The summed E-state index contributed by atoms with van der Waals surface area (Å²) in [7, 11) is 0. The van der Waals surface area contributed by atoms with Crippen molar-refractivity contribution in [3.63, 3.8) is 0 Å². The van der Waals surface area contributed by atoms with Gasteiger partial charge in [-0.25, -0.2) is 13.5 Å². The summed E-state index contributed by atoms with van der Waals surface area (Å²) in [6, 6.07) is 12.9. The fourth-order valence-electron chi connectivity index (χ4n) is 2.67. The minimum atomic E-state index is -0.686. The standard InChI is InChI=1S/C21H15F2N3OS/c1-2-9-24-21-26(25-12-15-7-8-16(22)11-17(15)23)18(13-28-21)20-10-14-5-3-4-6-19(14)27-20/h2-8,10-13H,1,9H2. The summed E-state index contributed by atoms with van der Waals surface area (Å²) in [5, 5.41) is 7.22. The van der Waals surface area contributed by atoms with E-state index in [1.54, 1.807) is 10.8 Å². The van der Waals surface area contributed by atoms with Crippen molar-refractivity contribution in [2.24, 2.45) is 10.1 Å². The van der Waals surface area contributed by atoms with E-state index in [2.05, 4.69) is 16.7 Å². The Morgan fingerprint density at radius 1 is 1.14 bits per heavy atom. The molecule has 28 heavy (non-hydrogen) atoms. The highest BCUT2D eigenvalue weighted by Gasteiger charge is 2.13. The van der Waals surface area contributed by atoms with Gasteiger partial charge in [0.1, 0.15) is 22.9 Å². The van der Waals surface area contributed by atoms with E-state index in [4.69, 9.17) is 4.42 Å². The van der Waals surface area contributed by atoms with Gasteiger partial charge in [0, 0.05) is 22.4 Å². The van der Waals surface area contributed by atoms with E-state index in [-0.39, 0.29) is 5.56 Å². The molecule has 0 saturated carbocycles. The van der Waals surface area contributed by atoms with Crippen LogP contribution in [0.4, 0.5) is 8.78 Å². The second kappa shape index (κ2) is 7.74. The average molecular weight is 395 g/mol. The summed E-state index contributed by atoms with van der Waals surface area (Å²) < 4.78 is 34.6. The third-order valence-corrected chi connectivity index (χ3v) is 4.85. The van der Waals surface area contributed by atoms with Crippen molar-refractivity contribution in [3.8, 4) is 11.5 Å². The van der Waals surface area contributed by atoms with Crippen molar-refractivity contribution in [1.82, 2.24) is 4.68 Å². The fraction of sp³-hybridized carbons (Fsp3) is 0.0476. The maximum absolute atomic E-state index is 14.0. The predicted octanol–water partition coefficient (Wildman–Crippen LogP) is 5.21. The molecule has 0 aliphatic heterocycles. The maximum Gasteiger partial charge on any atom is 0.206 e. The monoisotopic (exact) mass is 395 g/mol. The first-order valence-electron chi connectivity index (χ1n) is 8.46. The first-order valence-corrected chi connectivity index (χ1v) is 9.34. The number of aromatic nitrogens is 1. The SMILES string of the molecule is C=CCN=c1scc(-c2cc3ccccc3o2)n1N=Cc1ccc(F)cc1F. The normalized spacial score (nSPS) is 12.3. The van der Waals surface area contributed by atoms with Gasteiger partial charge < -0.3 is 4.42 Å². The van der Waals surface area contributed by atoms with E-state index in [0.717, 1.165) is 17.0 Å². The molecule has 0 spiro atoms. The van der Waals surface area contributed by atoms with E-state index in [1.165, 1.54) is 29.7 Å². The Hall–Kier alpha value is -3.32. The van der Waals surface area contributed by atoms with E-state index in [9.17, 15) is 8.78 Å². The van der Waals surface area contributed by atoms with Crippen LogP contribution in [0, 0.1) is 11.6 Å². The fourth-order valence-corrected chi connectivity index (χ4v) is 3.49. The van der Waals surface area contributed by atoms with Crippen LogP contribution in [0.15, 0.2) is 81.1 Å². The number of halogens is 2. The zero-order chi connectivity index (χ0) is 19.5. The number of rotatable bonds is 5. The van der Waals surface area contributed by atoms with Gasteiger partial charge in [0.2, 0.25) is 4.80 Å². The quantitative estimate of drug-likeness (QED) is 0.338. The molecule has 0 aliphatic carbocycles. The van der Waals surface area contributed by atoms with Gasteiger partial charge in [-0.05, 0) is 24.3 Å². The molecule has 0 fully saturated rings. The highest BCUT2D eigenvalue weighted by molar-refractivity contribution is 7.07. The van der Waals surface area contributed by atoms with E-state index in [0.29, 0.717) is 22.8 Å². The number of nitrogens with zero attached hydrogens (tertiary/aromatic N) is 3. The highest BCUT2D eigenvalue weighted by Crippen LogP contribution is 2.28. The Morgan fingerprint density at radius 2 is 2.00 bits per heavy atom. The molecule has 2 aromatic carbocycles. The zero-order valence-corrected chi connectivity index (χ0v) is 15.5. The Labute approximate surface area is 163 Å². The molecule has 0 atom stereocenters. The molecule has 7 heteroatoms. The molecule has 0 unspecified atom stereocenters. The first kappa shape index (κ1) is 18.1. The van der Waals surface area contributed by atoms with Crippen LogP contribution in [-0.2, 0) is 0 Å². The Morgan fingerprint density at radius 3 is 2.79 bits per heavy atom. The number of hydrogen-bond donors (Lipinski definition) is 0. The van der Waals surface area contributed by atoms with Gasteiger partial charge in [-0.2, -0.15) is 5.10 Å². The summed E-state index contributed by atoms with van der Waals surface area (Å²) in [5.41, 5.74) is 1.61. The van der Waals surface area contributed by atoms with E-state index in [1.807, 2.05) is 35.7 Å². The number of para-hydroxylation sites is 1. The summed E-state index contributed by atoms with van der Waals surface area (Å²) in [6.07, 6.45) is 3.01. The average Bonchev–Trinajstić information content (AvgIpc) is 3.29. The molecule has 140 valence electrons. The van der Waals surface area contributed by atoms with Gasteiger partial charge in [0.15, 0.2) is 5.76 Å². The van der Waals surface area contributed by atoms with Gasteiger partial charge in [0.05, 0.1) is 12.8 Å². The molecule has 4 aromatic rings. The maximum atomic E-state index is 14.0. The lowest BCUT2D eigenvalue weighted by Crippen LogP contribution is -2.12. The summed E-state index contributed by atoms with van der Waals surface area (Å²) in [4.78, 5) is 5.03. The second-order valence-electron chi connectivity index (χ2n) is 5.90. The second-order valence-corrected chi connectivity index (χ2v) is 6.74. The molecule has 4 rings (SSSR count). The number of thiazole rings is 1. The van der Waals surface area contributed by atoms with Gasteiger partial charge in [0.25, 0.3) is 0 Å². The van der Waals surface area contributed by atoms with Crippen LogP contribution in [0.2, 0.25) is 0 Å². The number of benzene rings is 2. The largest absolute Gasteiger partial charge is 0.454 e. The number of fused-ring (bicyclic) bond motifs is 1. The van der Waals surface area contributed by atoms with Crippen molar-refractivity contribution in [1.29, 1.82) is 0 Å². The third-order valence-electron chi connectivity index (χ3n) is 3.99. The molecular weight excluding hydrogens is 380 g/mol. The summed E-state index contributed by atoms with van der Waals surface area (Å²) in [6.45, 7) is 4.09. The Bertz CT molecular complexity index is 1220. The lowest BCUT2D eigenvalue weighted by molar-refractivity contribution is 0.582. The minimum Gasteiger partial charge on any atom is -0.454 e. The van der Waals surface area contributed by atoms with Crippen LogP contribution < -0.4 is 4.80 Å². The number of furan rings is 1. The zero-order valence-electron chi connectivity index (χ0n) is 14.7. The molecule has 2 heterocycles. The Balaban J connectivity index is 1.82. The smallest absolute Gasteiger partial charge is 0.206 e. The highest BCUT2D eigenvalue weighted by atomic mass is 32.1. The van der Waals surface area contributed by atoms with Crippen molar-refractivity contribution in [2.45, 2.75) is 0 Å². The van der Waals surface area contributed by atoms with Crippen LogP contribution in [0.5, 0.6) is 0 Å². The molecule has 4 nitrogen and oxygen atoms in total. The van der Waals surface area contributed by atoms with Gasteiger partial charge in [-0.3, -0.25) is 4.99 Å². The number of hydrogen-bond acceptors (Lipinski definition) is 4. The van der Waals surface area contributed by atoms with Gasteiger partial charge in [-0.15, -0.1) is 17.9 Å². The van der Waals surface area contributed by atoms with Crippen LogP contribution in [-0.4, -0.2) is 17.4 Å². The molecule has 0 bridgehead atoms. The van der Waals surface area contributed by atoms with Crippen molar-refractivity contribution < 1.29 is 13.2 Å². The molecule has 0 amide bonds. The van der Waals surface area contributed by atoms with Crippen LogP contribution in [0.25, 0.3) is 22.4 Å². The molecule has 0 radical (unpaired) electrons. The van der Waals surface area contributed by atoms with Crippen LogP contribution in [0.3, 0.4) is 0 Å². The third kappa shape index (κ3) is 3.57. The Kier molecular flexibility index (Phi) is 4.99. The van der Waals surface area contributed by atoms with E-state index >= 15 is 0 Å².